The summed E-state index contributed by atoms with van der Waals surface area (Å²) in [6.07, 6.45) is 2.40. The van der Waals surface area contributed by atoms with Crippen LogP contribution in [0.4, 0.5) is 0 Å². The smallest absolute Gasteiger partial charge is 0.365 e. The zero-order valence-corrected chi connectivity index (χ0v) is 13.2. The van der Waals surface area contributed by atoms with Crippen LogP contribution in [0.15, 0.2) is 30.3 Å². The van der Waals surface area contributed by atoms with Crippen LogP contribution in [0.5, 0.6) is 0 Å². The van der Waals surface area contributed by atoms with Crippen LogP contribution in [0.3, 0.4) is 0 Å². The quantitative estimate of drug-likeness (QED) is 0.487. The van der Waals surface area contributed by atoms with Gasteiger partial charge in [-0.25, -0.2) is 4.79 Å². The second-order valence-corrected chi connectivity index (χ2v) is 6.86. The molecule has 1 aromatic rings. The number of hydrogen-bond donors (Lipinski definition) is 0. The Morgan fingerprint density at radius 1 is 1.29 bits per heavy atom. The van der Waals surface area contributed by atoms with Gasteiger partial charge in [0.2, 0.25) is 0 Å². The molecule has 2 rings (SSSR count). The van der Waals surface area contributed by atoms with Crippen molar-refractivity contribution in [3.63, 3.8) is 0 Å². The van der Waals surface area contributed by atoms with Gasteiger partial charge >= 0.3 is 5.97 Å². The summed E-state index contributed by atoms with van der Waals surface area (Å²) >= 11 is 0. The Morgan fingerprint density at radius 3 is 2.57 bits per heavy atom. The SMILES string of the molecule is CC(C)(C)OC(=O)[C@@H]1CCCC[N@@+]1([O-])Cc1ccccc1. The first kappa shape index (κ1) is 16.0. The minimum atomic E-state index is -0.599. The van der Waals surface area contributed by atoms with Gasteiger partial charge in [0.1, 0.15) is 12.1 Å². The van der Waals surface area contributed by atoms with Gasteiger partial charge in [0, 0.05) is 12.0 Å². The van der Waals surface area contributed by atoms with Gasteiger partial charge in [-0.15, -0.1) is 0 Å². The third kappa shape index (κ3) is 4.29. The third-order valence-corrected chi connectivity index (χ3v) is 3.80. The number of quaternary nitrogens is 1. The summed E-state index contributed by atoms with van der Waals surface area (Å²) in [4.78, 5) is 12.4. The minimum absolute atomic E-state index is 0.338. The van der Waals surface area contributed by atoms with E-state index >= 15 is 0 Å². The van der Waals surface area contributed by atoms with E-state index in [9.17, 15) is 10.0 Å². The Balaban J connectivity index is 2.15. The Kier molecular flexibility index (Phi) is 4.69. The molecule has 2 atom stereocenters. The summed E-state index contributed by atoms with van der Waals surface area (Å²) in [6, 6.07) is 9.07. The molecular formula is C17H25NO3. The largest absolute Gasteiger partial charge is 0.632 e. The molecule has 1 aliphatic heterocycles. The molecule has 0 aliphatic carbocycles. The van der Waals surface area contributed by atoms with Crippen LogP contribution in [0.1, 0.15) is 45.6 Å². The highest BCUT2D eigenvalue weighted by Gasteiger charge is 2.40. The van der Waals surface area contributed by atoms with Crippen LogP contribution in [-0.2, 0) is 16.1 Å². The molecule has 1 aliphatic rings. The van der Waals surface area contributed by atoms with E-state index < -0.39 is 16.3 Å². The molecule has 4 heteroatoms. The molecule has 1 heterocycles. The van der Waals surface area contributed by atoms with Gasteiger partial charge in [0.05, 0.1) is 6.54 Å². The molecule has 116 valence electrons. The molecular weight excluding hydrogens is 266 g/mol. The molecule has 0 unspecified atom stereocenters. The van der Waals surface area contributed by atoms with Gasteiger partial charge in [0.25, 0.3) is 0 Å². The molecule has 0 aromatic heterocycles. The fraction of sp³-hybridized carbons (Fsp3) is 0.588. The van der Waals surface area contributed by atoms with Gasteiger partial charge in [0.15, 0.2) is 6.04 Å². The molecule has 0 saturated carbocycles. The van der Waals surface area contributed by atoms with E-state index in [1.54, 1.807) is 0 Å². The number of ether oxygens (including phenoxy) is 1. The number of piperidine rings is 1. The Hall–Kier alpha value is -1.39. The standard InChI is InChI=1S/C17H25NO3/c1-17(2,3)21-16(19)15-11-7-8-12-18(15,20)13-14-9-5-4-6-10-14/h4-6,9-10,15H,7-8,11-13H2,1-3H3/t15-,18+/m0/s1. The number of hydrogen-bond acceptors (Lipinski definition) is 3. The van der Waals surface area contributed by atoms with Crippen molar-refractivity contribution < 1.29 is 14.2 Å². The van der Waals surface area contributed by atoms with Gasteiger partial charge < -0.3 is 14.6 Å². The summed E-state index contributed by atoms with van der Waals surface area (Å²) in [5, 5.41) is 13.2. The highest BCUT2D eigenvalue weighted by Crippen LogP contribution is 2.29. The fourth-order valence-corrected chi connectivity index (χ4v) is 2.87. The average molecular weight is 291 g/mol. The summed E-state index contributed by atoms with van der Waals surface area (Å²) in [6.45, 7) is 6.34. The van der Waals surface area contributed by atoms with E-state index in [-0.39, 0.29) is 5.97 Å². The summed E-state index contributed by atoms with van der Waals surface area (Å²) < 4.78 is 4.97. The lowest BCUT2D eigenvalue weighted by atomic mass is 10.00. The lowest BCUT2D eigenvalue weighted by Crippen LogP contribution is -2.57. The summed E-state index contributed by atoms with van der Waals surface area (Å²) in [5.41, 5.74) is 0.425. The van der Waals surface area contributed by atoms with Crippen molar-refractivity contribution in [3.05, 3.63) is 41.1 Å². The van der Waals surface area contributed by atoms with Crippen molar-refractivity contribution in [1.82, 2.24) is 0 Å². The number of likely N-dealkylation sites (tertiary alicyclic amines) is 1. The maximum Gasteiger partial charge on any atom is 0.365 e. The van der Waals surface area contributed by atoms with Crippen LogP contribution in [0.25, 0.3) is 0 Å². The molecule has 4 nitrogen and oxygen atoms in total. The topological polar surface area (TPSA) is 49.4 Å². The zero-order valence-electron chi connectivity index (χ0n) is 13.2. The summed E-state index contributed by atoms with van der Waals surface area (Å²) in [7, 11) is 0. The van der Waals surface area contributed by atoms with E-state index in [4.69, 9.17) is 4.74 Å². The van der Waals surface area contributed by atoms with Crippen LogP contribution in [0.2, 0.25) is 0 Å². The predicted molar refractivity (Wildman–Crippen MR) is 82.1 cm³/mol. The van der Waals surface area contributed by atoms with Crippen molar-refractivity contribution in [2.45, 2.75) is 58.2 Å². The maximum absolute atomic E-state index is 13.2. The fourth-order valence-electron chi connectivity index (χ4n) is 2.87. The van der Waals surface area contributed by atoms with E-state index in [1.165, 1.54) is 0 Å². The monoisotopic (exact) mass is 291 g/mol. The first-order chi connectivity index (χ1) is 9.80. The lowest BCUT2D eigenvalue weighted by molar-refractivity contribution is -0.915. The molecule has 1 saturated heterocycles. The van der Waals surface area contributed by atoms with Crippen LogP contribution in [0, 0.1) is 5.21 Å². The van der Waals surface area contributed by atoms with Crippen LogP contribution < -0.4 is 0 Å². The van der Waals surface area contributed by atoms with E-state index in [0.29, 0.717) is 19.5 Å². The van der Waals surface area contributed by atoms with Crippen LogP contribution in [-0.4, -0.2) is 28.8 Å². The lowest BCUT2D eigenvalue weighted by Gasteiger charge is -2.50. The first-order valence-electron chi connectivity index (χ1n) is 7.65. The zero-order chi connectivity index (χ0) is 15.5. The molecule has 0 N–H and O–H groups in total. The summed E-state index contributed by atoms with van der Waals surface area (Å²) in [5.74, 6) is -0.354. The molecule has 0 spiro atoms. The Labute approximate surface area is 126 Å². The Bertz CT molecular complexity index is 481. The Morgan fingerprint density at radius 2 is 1.95 bits per heavy atom. The second-order valence-electron chi connectivity index (χ2n) is 6.86. The number of carbonyl (C=O) groups excluding carboxylic acids is 1. The predicted octanol–water partition coefficient (Wildman–Crippen LogP) is 3.40. The van der Waals surface area contributed by atoms with Crippen molar-refractivity contribution in [3.8, 4) is 0 Å². The number of carbonyl (C=O) groups is 1. The molecule has 0 radical (unpaired) electrons. The first-order valence-corrected chi connectivity index (χ1v) is 7.65. The number of nitrogens with zero attached hydrogens (tertiary/aromatic N) is 1. The average Bonchev–Trinajstić information content (AvgIpc) is 2.37. The van der Waals surface area contributed by atoms with Crippen molar-refractivity contribution in [1.29, 1.82) is 0 Å². The van der Waals surface area contributed by atoms with Crippen molar-refractivity contribution in [2.24, 2.45) is 0 Å². The van der Waals surface area contributed by atoms with Gasteiger partial charge in [-0.1, -0.05) is 30.3 Å². The van der Waals surface area contributed by atoms with E-state index in [0.717, 1.165) is 18.4 Å². The van der Waals surface area contributed by atoms with Gasteiger partial charge in [-0.3, -0.25) is 0 Å². The van der Waals surface area contributed by atoms with Crippen molar-refractivity contribution in [2.75, 3.05) is 6.54 Å². The highest BCUT2D eigenvalue weighted by molar-refractivity contribution is 5.75. The van der Waals surface area contributed by atoms with Crippen LogP contribution >= 0.6 is 0 Å². The maximum atomic E-state index is 13.2. The molecule has 21 heavy (non-hydrogen) atoms. The number of esters is 1. The number of benzene rings is 1. The van der Waals surface area contributed by atoms with Crippen molar-refractivity contribution >= 4 is 5.97 Å². The molecule has 0 amide bonds. The number of rotatable bonds is 3. The highest BCUT2D eigenvalue weighted by atomic mass is 16.6. The van der Waals surface area contributed by atoms with Gasteiger partial charge in [-0.05, 0) is 33.6 Å². The minimum Gasteiger partial charge on any atom is -0.632 e. The van der Waals surface area contributed by atoms with E-state index in [1.807, 2.05) is 51.1 Å². The number of hydroxylamine groups is 3. The normalized spacial score (nSPS) is 26.4. The van der Waals surface area contributed by atoms with Gasteiger partial charge in [-0.2, -0.15) is 0 Å². The van der Waals surface area contributed by atoms with E-state index in [2.05, 4.69) is 0 Å². The second kappa shape index (κ2) is 6.16. The molecule has 0 bridgehead atoms. The molecule has 1 fully saturated rings. The molecule has 1 aromatic carbocycles. The third-order valence-electron chi connectivity index (χ3n) is 3.80.